The lowest BCUT2D eigenvalue weighted by molar-refractivity contribution is -0.147. The molecule has 0 spiro atoms. The van der Waals surface area contributed by atoms with E-state index in [1.807, 2.05) is 41.3 Å². The molecule has 2 N–H and O–H groups in total. The predicted octanol–water partition coefficient (Wildman–Crippen LogP) is 4.31. The molecule has 0 aromatic heterocycles. The van der Waals surface area contributed by atoms with Crippen LogP contribution in [0.4, 0.5) is 0 Å². The van der Waals surface area contributed by atoms with E-state index in [2.05, 4.69) is 24.3 Å². The fourth-order valence-corrected chi connectivity index (χ4v) is 4.66. The number of amides is 1. The van der Waals surface area contributed by atoms with Gasteiger partial charge < -0.3 is 15.4 Å². The van der Waals surface area contributed by atoms with Gasteiger partial charge in [0.15, 0.2) is 6.10 Å². The van der Waals surface area contributed by atoms with Gasteiger partial charge in [-0.05, 0) is 36.4 Å². The molecule has 156 valence electrons. The maximum absolute atomic E-state index is 13.5. The third kappa shape index (κ3) is 5.00. The van der Waals surface area contributed by atoms with Gasteiger partial charge in [0.2, 0.25) is 0 Å². The summed E-state index contributed by atoms with van der Waals surface area (Å²) in [4.78, 5) is 15.5. The molecule has 3 atom stereocenters. The minimum absolute atomic E-state index is 0. The number of nitrogens with zero attached hydrogens (tertiary/aromatic N) is 1. The van der Waals surface area contributed by atoms with Crippen molar-refractivity contribution in [1.82, 2.24) is 4.90 Å². The number of carbonyl (C=O) groups excluding carboxylic acids is 1. The Kier molecular flexibility index (Phi) is 7.70. The molecule has 1 unspecified atom stereocenters. The first-order valence-corrected chi connectivity index (χ1v) is 10.5. The fraction of sp³-hybridized carbons (Fsp3) is 0.458. The number of rotatable bonds is 6. The molecule has 29 heavy (non-hydrogen) atoms. The van der Waals surface area contributed by atoms with E-state index in [0.717, 1.165) is 18.4 Å². The highest BCUT2D eigenvalue weighted by Gasteiger charge is 2.39. The van der Waals surface area contributed by atoms with Crippen LogP contribution in [-0.2, 0) is 9.53 Å². The van der Waals surface area contributed by atoms with Crippen molar-refractivity contribution in [2.24, 2.45) is 11.7 Å². The lowest BCUT2D eigenvalue weighted by Gasteiger charge is -2.26. The topological polar surface area (TPSA) is 55.6 Å². The smallest absolute Gasteiger partial charge is 0.256 e. The number of hydrogen-bond donors (Lipinski definition) is 1. The zero-order valence-electron chi connectivity index (χ0n) is 16.8. The molecule has 0 bridgehead atoms. The van der Waals surface area contributed by atoms with Crippen molar-refractivity contribution >= 4 is 18.3 Å². The van der Waals surface area contributed by atoms with Crippen molar-refractivity contribution in [2.75, 3.05) is 19.6 Å². The van der Waals surface area contributed by atoms with E-state index >= 15 is 0 Å². The van der Waals surface area contributed by atoms with Crippen LogP contribution in [0.2, 0.25) is 0 Å². The molecule has 2 aliphatic rings. The highest BCUT2D eigenvalue weighted by Crippen LogP contribution is 2.35. The Hall–Kier alpha value is -1.88. The number of nitrogens with two attached hydrogens (primary N) is 1. The van der Waals surface area contributed by atoms with Gasteiger partial charge in [-0.2, -0.15) is 0 Å². The molecule has 1 aliphatic carbocycles. The monoisotopic (exact) mass is 414 g/mol. The number of hydrogen-bond acceptors (Lipinski definition) is 3. The Morgan fingerprint density at radius 1 is 1.00 bits per heavy atom. The van der Waals surface area contributed by atoms with Crippen molar-refractivity contribution in [1.29, 1.82) is 0 Å². The Bertz CT molecular complexity index is 765. The summed E-state index contributed by atoms with van der Waals surface area (Å²) in [7, 11) is 0. The summed E-state index contributed by atoms with van der Waals surface area (Å²) in [5.74, 6) is 0.655. The van der Waals surface area contributed by atoms with E-state index in [9.17, 15) is 4.79 Å². The van der Waals surface area contributed by atoms with Crippen LogP contribution in [0.15, 0.2) is 60.7 Å². The molecule has 2 aromatic rings. The Labute approximate surface area is 179 Å². The number of benzene rings is 2. The first-order valence-electron chi connectivity index (χ1n) is 10.5. The van der Waals surface area contributed by atoms with E-state index in [1.165, 1.54) is 18.4 Å². The highest BCUT2D eigenvalue weighted by atomic mass is 35.5. The molecule has 1 amide bonds. The Morgan fingerprint density at radius 2 is 1.62 bits per heavy atom. The van der Waals surface area contributed by atoms with Gasteiger partial charge in [0.25, 0.3) is 5.91 Å². The van der Waals surface area contributed by atoms with E-state index < -0.39 is 6.10 Å². The first-order chi connectivity index (χ1) is 13.8. The van der Waals surface area contributed by atoms with Crippen LogP contribution in [0.1, 0.15) is 48.8 Å². The van der Waals surface area contributed by atoms with E-state index in [4.69, 9.17) is 10.5 Å². The molecule has 4 rings (SSSR count). The van der Waals surface area contributed by atoms with E-state index in [1.54, 1.807) is 0 Å². The predicted molar refractivity (Wildman–Crippen MR) is 118 cm³/mol. The van der Waals surface area contributed by atoms with Crippen LogP contribution in [-0.4, -0.2) is 36.5 Å². The second-order valence-corrected chi connectivity index (χ2v) is 8.09. The Morgan fingerprint density at radius 3 is 2.24 bits per heavy atom. The number of ether oxygens (including phenoxy) is 1. The lowest BCUT2D eigenvalue weighted by atomic mass is 9.89. The highest BCUT2D eigenvalue weighted by molar-refractivity contribution is 5.85. The Balaban J connectivity index is 0.00000240. The summed E-state index contributed by atoms with van der Waals surface area (Å²) in [5, 5.41) is 0. The third-order valence-electron chi connectivity index (χ3n) is 6.24. The van der Waals surface area contributed by atoms with E-state index in [0.29, 0.717) is 19.6 Å². The maximum atomic E-state index is 13.5. The minimum atomic E-state index is -0.516. The van der Waals surface area contributed by atoms with Crippen molar-refractivity contribution in [3.05, 3.63) is 71.8 Å². The van der Waals surface area contributed by atoms with Gasteiger partial charge in [0.05, 0.1) is 6.10 Å². The fourth-order valence-electron chi connectivity index (χ4n) is 4.66. The summed E-state index contributed by atoms with van der Waals surface area (Å²) < 4.78 is 6.36. The quantitative estimate of drug-likeness (QED) is 0.766. The van der Waals surface area contributed by atoms with Crippen molar-refractivity contribution in [3.8, 4) is 0 Å². The van der Waals surface area contributed by atoms with Crippen LogP contribution < -0.4 is 5.73 Å². The van der Waals surface area contributed by atoms with Gasteiger partial charge in [-0.15, -0.1) is 12.4 Å². The van der Waals surface area contributed by atoms with Crippen molar-refractivity contribution in [3.63, 3.8) is 0 Å². The summed E-state index contributed by atoms with van der Waals surface area (Å²) in [5.41, 5.74) is 8.29. The zero-order chi connectivity index (χ0) is 19.3. The molecule has 2 fully saturated rings. The molecule has 4 nitrogen and oxygen atoms in total. The van der Waals surface area contributed by atoms with Gasteiger partial charge in [0.1, 0.15) is 0 Å². The van der Waals surface area contributed by atoms with Gasteiger partial charge in [-0.3, -0.25) is 4.79 Å². The summed E-state index contributed by atoms with van der Waals surface area (Å²) >= 11 is 0. The largest absolute Gasteiger partial charge is 0.360 e. The molecule has 1 aliphatic heterocycles. The number of carbonyl (C=O) groups is 1. The third-order valence-corrected chi connectivity index (χ3v) is 6.24. The van der Waals surface area contributed by atoms with Crippen LogP contribution in [0.25, 0.3) is 0 Å². The van der Waals surface area contributed by atoms with Crippen molar-refractivity contribution < 1.29 is 9.53 Å². The second kappa shape index (κ2) is 10.2. The summed E-state index contributed by atoms with van der Waals surface area (Å²) in [6, 6.07) is 20.4. The van der Waals surface area contributed by atoms with Gasteiger partial charge >= 0.3 is 0 Å². The lowest BCUT2D eigenvalue weighted by Crippen LogP contribution is -2.36. The van der Waals surface area contributed by atoms with Gasteiger partial charge in [0, 0.05) is 19.0 Å². The maximum Gasteiger partial charge on any atom is 0.256 e. The SMILES string of the molecule is Cl.NC[C@@H]1CN(C(=O)C(OC2CCCC2)c2ccccc2)C[C@H]1c1ccccc1. The standard InChI is InChI=1S/C24H30N2O2.ClH/c25-15-20-16-26(17-22(20)18-9-3-1-4-10-18)24(27)23(19-11-5-2-6-12-19)28-21-13-7-8-14-21;/h1-6,9-12,20-23H,7-8,13-17,25H2;1H/t20-,22+,23?;/m1./s1. The van der Waals surface area contributed by atoms with Gasteiger partial charge in [-0.25, -0.2) is 0 Å². The number of likely N-dealkylation sites (tertiary alicyclic amines) is 1. The first kappa shape index (κ1) is 21.8. The molecule has 2 aromatic carbocycles. The van der Waals surface area contributed by atoms with Crippen LogP contribution in [0, 0.1) is 5.92 Å². The summed E-state index contributed by atoms with van der Waals surface area (Å²) in [6.07, 6.45) is 4.15. The zero-order valence-corrected chi connectivity index (χ0v) is 17.6. The number of halogens is 1. The molecule has 5 heteroatoms. The van der Waals surface area contributed by atoms with Crippen molar-refractivity contribution in [2.45, 2.75) is 43.8 Å². The average molecular weight is 415 g/mol. The van der Waals surface area contributed by atoms with Crippen LogP contribution in [0.3, 0.4) is 0 Å². The average Bonchev–Trinajstić information content (AvgIpc) is 3.42. The van der Waals surface area contributed by atoms with Crippen LogP contribution in [0.5, 0.6) is 0 Å². The molecule has 1 saturated carbocycles. The normalized spacial score (nSPS) is 23.0. The van der Waals surface area contributed by atoms with E-state index in [-0.39, 0.29) is 36.3 Å². The molecule has 1 heterocycles. The molecule has 0 radical (unpaired) electrons. The molecular weight excluding hydrogens is 384 g/mol. The minimum Gasteiger partial charge on any atom is -0.360 e. The second-order valence-electron chi connectivity index (χ2n) is 8.09. The van der Waals surface area contributed by atoms with Crippen LogP contribution >= 0.6 is 12.4 Å². The molecular formula is C24H31ClN2O2. The summed E-state index contributed by atoms with van der Waals surface area (Å²) in [6.45, 7) is 2.00. The molecule has 1 saturated heterocycles. The van der Waals surface area contributed by atoms with Gasteiger partial charge in [-0.1, -0.05) is 73.5 Å².